The van der Waals surface area contributed by atoms with Crippen LogP contribution < -0.4 is 0 Å². The number of nitroso groups, excluding NO2 is 1. The number of hydrogen-bond acceptors (Lipinski definition) is 3. The third kappa shape index (κ3) is 8.28. The lowest BCUT2D eigenvalue weighted by molar-refractivity contribution is -0.143. The van der Waals surface area contributed by atoms with Crippen LogP contribution in [0.1, 0.15) is 67.2 Å². The Labute approximate surface area is 206 Å². The van der Waals surface area contributed by atoms with Crippen molar-refractivity contribution in [2.45, 2.75) is 69.9 Å². The van der Waals surface area contributed by atoms with Crippen LogP contribution in [-0.4, -0.2) is 25.0 Å². The van der Waals surface area contributed by atoms with Crippen molar-refractivity contribution in [3.8, 4) is 0 Å². The minimum Gasteiger partial charge on any atom is -0.306 e. The molecule has 0 radical (unpaired) electrons. The van der Waals surface area contributed by atoms with Gasteiger partial charge >= 0.3 is 12.4 Å². The van der Waals surface area contributed by atoms with E-state index in [2.05, 4.69) is 31.1 Å². The van der Waals surface area contributed by atoms with Crippen LogP contribution in [0.25, 0.3) is 0 Å². The van der Waals surface area contributed by atoms with Crippen LogP contribution in [-0.2, 0) is 18.9 Å². The Balaban J connectivity index is 0.000000255. The van der Waals surface area contributed by atoms with Gasteiger partial charge in [0.05, 0.1) is 11.1 Å². The SMILES string of the molecule is CCC[C@H](C1CCCC1c1ccc(F)cc1)N(C)C.O=NCc1cc(C(F)(F)F)cc(C(F)(F)F)c1. The minimum absolute atomic E-state index is 0.00565. The van der Waals surface area contributed by atoms with Gasteiger partial charge in [0, 0.05) is 6.04 Å². The van der Waals surface area contributed by atoms with E-state index in [0.717, 1.165) is 5.92 Å². The Hall–Kier alpha value is -2.49. The number of rotatable bonds is 7. The predicted molar refractivity (Wildman–Crippen MR) is 125 cm³/mol. The zero-order valence-electron chi connectivity index (χ0n) is 20.5. The molecule has 1 aliphatic rings. The van der Waals surface area contributed by atoms with E-state index in [1.165, 1.54) is 37.7 Å². The molecule has 200 valence electrons. The van der Waals surface area contributed by atoms with Gasteiger partial charge in [-0.05, 0) is 86.7 Å². The molecule has 0 N–H and O–H groups in total. The summed E-state index contributed by atoms with van der Waals surface area (Å²) in [5.74, 6) is 1.20. The summed E-state index contributed by atoms with van der Waals surface area (Å²) in [4.78, 5) is 12.3. The number of benzene rings is 2. The van der Waals surface area contributed by atoms with Gasteiger partial charge < -0.3 is 4.90 Å². The molecule has 1 saturated carbocycles. The maximum atomic E-state index is 13.1. The Morgan fingerprint density at radius 1 is 0.944 bits per heavy atom. The molecule has 0 amide bonds. The summed E-state index contributed by atoms with van der Waals surface area (Å²) in [6.45, 7) is 1.52. The van der Waals surface area contributed by atoms with Crippen LogP contribution in [0.3, 0.4) is 0 Å². The van der Waals surface area contributed by atoms with E-state index in [0.29, 0.717) is 24.1 Å². The van der Waals surface area contributed by atoms with Crippen molar-refractivity contribution in [3.05, 3.63) is 75.4 Å². The summed E-state index contributed by atoms with van der Waals surface area (Å²) in [5.41, 5.74) is -2.01. The molecule has 2 unspecified atom stereocenters. The molecule has 0 aromatic heterocycles. The third-order valence-electron chi connectivity index (χ3n) is 6.50. The summed E-state index contributed by atoms with van der Waals surface area (Å²) in [6.07, 6.45) is -3.45. The normalized spacial score (nSPS) is 19.1. The van der Waals surface area contributed by atoms with Crippen LogP contribution in [0, 0.1) is 16.6 Å². The van der Waals surface area contributed by atoms with E-state index in [1.54, 1.807) is 12.1 Å². The molecule has 36 heavy (non-hydrogen) atoms. The quantitative estimate of drug-likeness (QED) is 0.271. The van der Waals surface area contributed by atoms with Crippen LogP contribution in [0.5, 0.6) is 0 Å². The molecule has 0 saturated heterocycles. The molecular formula is C26H31F7N2O. The Morgan fingerprint density at radius 3 is 1.94 bits per heavy atom. The summed E-state index contributed by atoms with van der Waals surface area (Å²) >= 11 is 0. The zero-order chi connectivity index (χ0) is 27.1. The first-order chi connectivity index (χ1) is 16.8. The van der Waals surface area contributed by atoms with E-state index >= 15 is 0 Å². The number of alkyl halides is 6. The molecule has 1 aliphatic carbocycles. The van der Waals surface area contributed by atoms with Crippen molar-refractivity contribution in [1.29, 1.82) is 0 Å². The highest BCUT2D eigenvalue weighted by molar-refractivity contribution is 5.33. The van der Waals surface area contributed by atoms with Crippen LogP contribution in [0.4, 0.5) is 30.7 Å². The van der Waals surface area contributed by atoms with Crippen molar-refractivity contribution in [1.82, 2.24) is 4.90 Å². The molecule has 3 atom stereocenters. The van der Waals surface area contributed by atoms with Crippen molar-refractivity contribution >= 4 is 0 Å². The first kappa shape index (κ1) is 29.7. The van der Waals surface area contributed by atoms with E-state index < -0.39 is 35.6 Å². The summed E-state index contributed by atoms with van der Waals surface area (Å²) < 4.78 is 86.9. The molecule has 0 spiro atoms. The molecule has 3 nitrogen and oxygen atoms in total. The predicted octanol–water partition coefficient (Wildman–Crippen LogP) is 8.43. The van der Waals surface area contributed by atoms with Crippen molar-refractivity contribution in [2.24, 2.45) is 11.1 Å². The van der Waals surface area contributed by atoms with Gasteiger partial charge in [0.1, 0.15) is 12.4 Å². The monoisotopic (exact) mass is 520 g/mol. The van der Waals surface area contributed by atoms with Crippen LogP contribution in [0.15, 0.2) is 47.6 Å². The highest BCUT2D eigenvalue weighted by Crippen LogP contribution is 2.43. The second-order valence-corrected chi connectivity index (χ2v) is 9.27. The van der Waals surface area contributed by atoms with Gasteiger partial charge in [0.2, 0.25) is 0 Å². The maximum absolute atomic E-state index is 13.1. The lowest BCUT2D eigenvalue weighted by Crippen LogP contribution is -2.36. The molecule has 0 bridgehead atoms. The van der Waals surface area contributed by atoms with Gasteiger partial charge in [-0.1, -0.05) is 37.1 Å². The van der Waals surface area contributed by atoms with E-state index in [4.69, 9.17) is 0 Å². The van der Waals surface area contributed by atoms with Gasteiger partial charge in [0.25, 0.3) is 0 Å². The second kappa shape index (κ2) is 12.7. The van der Waals surface area contributed by atoms with Crippen molar-refractivity contribution in [3.63, 3.8) is 0 Å². The van der Waals surface area contributed by atoms with Gasteiger partial charge in [0.15, 0.2) is 0 Å². The molecule has 1 fully saturated rings. The second-order valence-electron chi connectivity index (χ2n) is 9.27. The fourth-order valence-electron chi connectivity index (χ4n) is 4.91. The van der Waals surface area contributed by atoms with Crippen LogP contribution >= 0.6 is 0 Å². The van der Waals surface area contributed by atoms with Crippen LogP contribution in [0.2, 0.25) is 0 Å². The smallest absolute Gasteiger partial charge is 0.306 e. The Kier molecular flexibility index (Phi) is 10.5. The van der Waals surface area contributed by atoms with Crippen molar-refractivity contribution in [2.75, 3.05) is 14.1 Å². The lowest BCUT2D eigenvalue weighted by Gasteiger charge is -2.34. The highest BCUT2D eigenvalue weighted by atomic mass is 19.4. The number of halogens is 7. The van der Waals surface area contributed by atoms with E-state index in [-0.39, 0.29) is 11.9 Å². The molecule has 3 rings (SSSR count). The maximum Gasteiger partial charge on any atom is 0.416 e. The molecule has 2 aromatic rings. The standard InChI is InChI=1S/C17H26FN.C9H5F6NO/c1-4-6-17(19(2)3)16-8-5-7-15(16)13-9-11-14(18)12-10-13;10-8(11,12)6-1-5(4-16-17)2-7(3-6)9(13,14)15/h9-12,15-17H,4-8H2,1-3H3;1-3H,4H2/t15?,16?,17-;/m1./s1. The first-order valence-electron chi connectivity index (χ1n) is 11.8. The lowest BCUT2D eigenvalue weighted by atomic mass is 9.82. The minimum atomic E-state index is -4.90. The zero-order valence-corrected chi connectivity index (χ0v) is 20.5. The van der Waals surface area contributed by atoms with Gasteiger partial charge in [-0.15, -0.1) is 0 Å². The van der Waals surface area contributed by atoms with E-state index in [1.807, 2.05) is 12.1 Å². The highest BCUT2D eigenvalue weighted by Gasteiger charge is 2.37. The van der Waals surface area contributed by atoms with Crippen molar-refractivity contribution < 1.29 is 30.7 Å². The molecule has 0 aliphatic heterocycles. The molecule has 2 aromatic carbocycles. The summed E-state index contributed by atoms with van der Waals surface area (Å²) in [6, 6.07) is 8.77. The number of hydrogen-bond donors (Lipinski definition) is 0. The first-order valence-corrected chi connectivity index (χ1v) is 11.8. The summed E-state index contributed by atoms with van der Waals surface area (Å²) in [7, 11) is 4.39. The topological polar surface area (TPSA) is 32.7 Å². The Morgan fingerprint density at radius 2 is 1.50 bits per heavy atom. The fraction of sp³-hybridized carbons (Fsp3) is 0.538. The number of nitrogens with zero attached hydrogens (tertiary/aromatic N) is 2. The summed E-state index contributed by atoms with van der Waals surface area (Å²) in [5, 5.41) is 2.27. The molecule has 0 heterocycles. The van der Waals surface area contributed by atoms with Gasteiger partial charge in [-0.2, -0.15) is 31.2 Å². The Bertz CT molecular complexity index is 939. The third-order valence-corrected chi connectivity index (χ3v) is 6.50. The van der Waals surface area contributed by atoms with Gasteiger partial charge in [-0.3, -0.25) is 0 Å². The largest absolute Gasteiger partial charge is 0.416 e. The van der Waals surface area contributed by atoms with E-state index in [9.17, 15) is 35.6 Å². The molecule has 10 heteroatoms. The van der Waals surface area contributed by atoms with Gasteiger partial charge in [-0.25, -0.2) is 4.39 Å². The average molecular weight is 521 g/mol. The fourth-order valence-corrected chi connectivity index (χ4v) is 4.91. The average Bonchev–Trinajstić information content (AvgIpc) is 3.26. The molecular weight excluding hydrogens is 489 g/mol.